The fourth-order valence-electron chi connectivity index (χ4n) is 1.82. The van der Waals surface area contributed by atoms with Gasteiger partial charge in [-0.05, 0) is 19.1 Å². The van der Waals surface area contributed by atoms with Crippen LogP contribution in [0.1, 0.15) is 21.2 Å². The molecular formula is C13H15N3O3S. The zero-order valence-corrected chi connectivity index (χ0v) is 12.1. The molecule has 0 radical (unpaired) electrons. The van der Waals surface area contributed by atoms with Crippen LogP contribution in [-0.4, -0.2) is 38.5 Å². The maximum atomic E-state index is 12.1. The Balaban J connectivity index is 2.00. The van der Waals surface area contributed by atoms with Gasteiger partial charge in [-0.25, -0.2) is 9.78 Å². The topological polar surface area (TPSA) is 75.4 Å². The van der Waals surface area contributed by atoms with Gasteiger partial charge in [0.15, 0.2) is 0 Å². The highest BCUT2D eigenvalue weighted by molar-refractivity contribution is 7.09. The molecule has 6 nitrogen and oxygen atoms in total. The minimum Gasteiger partial charge on any atom is -0.477 e. The van der Waals surface area contributed by atoms with Gasteiger partial charge in [0.1, 0.15) is 12.2 Å². The summed E-state index contributed by atoms with van der Waals surface area (Å²) in [6.45, 7) is 2.34. The summed E-state index contributed by atoms with van der Waals surface area (Å²) < 4.78 is 1.42. The van der Waals surface area contributed by atoms with Gasteiger partial charge in [-0.1, -0.05) is 0 Å². The highest BCUT2D eigenvalue weighted by Gasteiger charge is 2.15. The Hall–Kier alpha value is -2.15. The standard InChI is InChI=1S/C13H15N3O3S/c1-9-14-10(8-20-9)6-15(2)12(17)7-16-5-3-4-11(16)13(18)19/h3-5,8H,6-7H2,1-2H3,(H,18,19). The first kappa shape index (κ1) is 14.3. The Morgan fingerprint density at radius 2 is 2.25 bits per heavy atom. The summed E-state index contributed by atoms with van der Waals surface area (Å²) >= 11 is 1.54. The van der Waals surface area contributed by atoms with E-state index in [1.807, 2.05) is 12.3 Å². The van der Waals surface area contributed by atoms with Crippen molar-refractivity contribution in [2.45, 2.75) is 20.0 Å². The first-order chi connectivity index (χ1) is 9.47. The molecule has 1 amide bonds. The first-order valence-electron chi connectivity index (χ1n) is 6.01. The van der Waals surface area contributed by atoms with Crippen molar-refractivity contribution in [3.63, 3.8) is 0 Å². The Kier molecular flexibility index (Phi) is 4.19. The van der Waals surface area contributed by atoms with Crippen LogP contribution in [0.4, 0.5) is 0 Å². The molecule has 0 unspecified atom stereocenters. The van der Waals surface area contributed by atoms with E-state index in [1.54, 1.807) is 24.2 Å². The van der Waals surface area contributed by atoms with Gasteiger partial charge in [-0.3, -0.25) is 4.79 Å². The highest BCUT2D eigenvalue weighted by Crippen LogP contribution is 2.10. The van der Waals surface area contributed by atoms with E-state index in [-0.39, 0.29) is 18.1 Å². The summed E-state index contributed by atoms with van der Waals surface area (Å²) in [5, 5.41) is 11.9. The lowest BCUT2D eigenvalue weighted by Gasteiger charge is -2.17. The second-order valence-corrected chi connectivity index (χ2v) is 5.50. The smallest absolute Gasteiger partial charge is 0.352 e. The van der Waals surface area contributed by atoms with Crippen molar-refractivity contribution in [2.75, 3.05) is 7.05 Å². The molecule has 0 bridgehead atoms. The molecule has 1 N–H and O–H groups in total. The number of amides is 1. The van der Waals surface area contributed by atoms with Gasteiger partial charge in [-0.2, -0.15) is 0 Å². The van der Waals surface area contributed by atoms with E-state index in [9.17, 15) is 9.59 Å². The minimum atomic E-state index is -1.04. The van der Waals surface area contributed by atoms with Crippen LogP contribution < -0.4 is 0 Å². The predicted molar refractivity (Wildman–Crippen MR) is 74.7 cm³/mol. The Morgan fingerprint density at radius 3 is 2.85 bits per heavy atom. The van der Waals surface area contributed by atoms with Crippen molar-refractivity contribution in [1.29, 1.82) is 0 Å². The molecular weight excluding hydrogens is 278 g/mol. The normalized spacial score (nSPS) is 10.5. The van der Waals surface area contributed by atoms with Crippen molar-refractivity contribution in [3.8, 4) is 0 Å². The van der Waals surface area contributed by atoms with Gasteiger partial charge in [-0.15, -0.1) is 11.3 Å². The Bertz CT molecular complexity index is 632. The van der Waals surface area contributed by atoms with E-state index in [0.29, 0.717) is 6.54 Å². The van der Waals surface area contributed by atoms with Crippen LogP contribution in [0.5, 0.6) is 0 Å². The number of carboxylic acid groups (broad SMARTS) is 1. The zero-order chi connectivity index (χ0) is 14.7. The minimum absolute atomic E-state index is 0.00819. The lowest BCUT2D eigenvalue weighted by Crippen LogP contribution is -2.30. The number of thiazole rings is 1. The zero-order valence-electron chi connectivity index (χ0n) is 11.2. The maximum Gasteiger partial charge on any atom is 0.352 e. The largest absolute Gasteiger partial charge is 0.477 e. The number of aromatic nitrogens is 2. The van der Waals surface area contributed by atoms with Gasteiger partial charge >= 0.3 is 5.97 Å². The quantitative estimate of drug-likeness (QED) is 0.908. The molecule has 0 atom stereocenters. The molecule has 0 aromatic carbocycles. The van der Waals surface area contributed by atoms with E-state index in [4.69, 9.17) is 5.11 Å². The number of carbonyl (C=O) groups is 2. The third-order valence-corrected chi connectivity index (χ3v) is 3.67. The summed E-state index contributed by atoms with van der Waals surface area (Å²) in [6, 6.07) is 3.08. The summed E-state index contributed by atoms with van der Waals surface area (Å²) in [4.78, 5) is 28.9. The third-order valence-electron chi connectivity index (χ3n) is 2.85. The number of aromatic carboxylic acids is 1. The molecule has 0 aliphatic carbocycles. The first-order valence-corrected chi connectivity index (χ1v) is 6.88. The Morgan fingerprint density at radius 1 is 1.50 bits per heavy atom. The average molecular weight is 293 g/mol. The Labute approximate surface area is 120 Å². The lowest BCUT2D eigenvalue weighted by atomic mass is 10.4. The van der Waals surface area contributed by atoms with Gasteiger partial charge in [0.25, 0.3) is 0 Å². The second-order valence-electron chi connectivity index (χ2n) is 4.43. The van der Waals surface area contributed by atoms with E-state index in [1.165, 1.54) is 22.0 Å². The third kappa shape index (κ3) is 3.24. The molecule has 2 heterocycles. The summed E-state index contributed by atoms with van der Waals surface area (Å²) in [7, 11) is 1.68. The molecule has 0 saturated carbocycles. The number of likely N-dealkylation sites (N-methyl/N-ethyl adjacent to an activating group) is 1. The predicted octanol–water partition coefficient (Wildman–Crippen LogP) is 1.61. The van der Waals surface area contributed by atoms with Crippen LogP contribution in [0.2, 0.25) is 0 Å². The number of carbonyl (C=O) groups excluding carboxylic acids is 1. The summed E-state index contributed by atoms with van der Waals surface area (Å²) in [6.07, 6.45) is 1.59. The fourth-order valence-corrected chi connectivity index (χ4v) is 2.43. The van der Waals surface area contributed by atoms with Crippen molar-refractivity contribution >= 4 is 23.2 Å². The molecule has 0 aliphatic heterocycles. The number of hydrogen-bond acceptors (Lipinski definition) is 4. The van der Waals surface area contributed by atoms with Gasteiger partial charge in [0, 0.05) is 18.6 Å². The van der Waals surface area contributed by atoms with E-state index in [2.05, 4.69) is 4.98 Å². The van der Waals surface area contributed by atoms with Crippen LogP contribution in [0, 0.1) is 6.92 Å². The van der Waals surface area contributed by atoms with E-state index in [0.717, 1.165) is 10.7 Å². The van der Waals surface area contributed by atoms with Crippen LogP contribution in [0.3, 0.4) is 0 Å². The fraction of sp³-hybridized carbons (Fsp3) is 0.308. The average Bonchev–Trinajstić information content (AvgIpc) is 2.98. The van der Waals surface area contributed by atoms with Crippen molar-refractivity contribution in [1.82, 2.24) is 14.5 Å². The van der Waals surface area contributed by atoms with Gasteiger partial charge in [0.05, 0.1) is 17.2 Å². The van der Waals surface area contributed by atoms with Gasteiger partial charge in [0.2, 0.25) is 5.91 Å². The van der Waals surface area contributed by atoms with Crippen LogP contribution in [-0.2, 0) is 17.9 Å². The van der Waals surface area contributed by atoms with Crippen LogP contribution >= 0.6 is 11.3 Å². The molecule has 0 aliphatic rings. The van der Waals surface area contributed by atoms with E-state index >= 15 is 0 Å². The number of carboxylic acids is 1. The molecule has 20 heavy (non-hydrogen) atoms. The number of aryl methyl sites for hydroxylation is 1. The molecule has 0 saturated heterocycles. The number of rotatable bonds is 5. The monoisotopic (exact) mass is 293 g/mol. The van der Waals surface area contributed by atoms with Crippen molar-refractivity contribution in [3.05, 3.63) is 40.1 Å². The molecule has 7 heteroatoms. The van der Waals surface area contributed by atoms with Crippen molar-refractivity contribution in [2.24, 2.45) is 0 Å². The van der Waals surface area contributed by atoms with Crippen molar-refractivity contribution < 1.29 is 14.7 Å². The second kappa shape index (κ2) is 5.87. The molecule has 0 fully saturated rings. The molecule has 106 valence electrons. The molecule has 2 aromatic heterocycles. The number of nitrogens with zero attached hydrogens (tertiary/aromatic N) is 3. The van der Waals surface area contributed by atoms with Gasteiger partial charge < -0.3 is 14.6 Å². The lowest BCUT2D eigenvalue weighted by molar-refractivity contribution is -0.131. The van der Waals surface area contributed by atoms with E-state index < -0.39 is 5.97 Å². The summed E-state index contributed by atoms with van der Waals surface area (Å²) in [5.74, 6) is -1.20. The number of hydrogen-bond donors (Lipinski definition) is 1. The SMILES string of the molecule is Cc1nc(CN(C)C(=O)Cn2cccc2C(=O)O)cs1. The van der Waals surface area contributed by atoms with Crippen LogP contribution in [0.25, 0.3) is 0 Å². The van der Waals surface area contributed by atoms with Crippen LogP contribution in [0.15, 0.2) is 23.7 Å². The molecule has 2 rings (SSSR count). The summed E-state index contributed by atoms with van der Waals surface area (Å²) in [5.41, 5.74) is 0.950. The maximum absolute atomic E-state index is 12.1. The molecule has 0 spiro atoms. The highest BCUT2D eigenvalue weighted by atomic mass is 32.1. The molecule has 2 aromatic rings.